The zero-order valence-corrected chi connectivity index (χ0v) is 33.8. The van der Waals surface area contributed by atoms with E-state index in [2.05, 4.69) is 0 Å². The van der Waals surface area contributed by atoms with Gasteiger partial charge in [-0.15, -0.1) is 0 Å². The minimum Gasteiger partial charge on any atom is -0.497 e. The number of methoxy groups -OCH3 is 2. The van der Waals surface area contributed by atoms with Crippen molar-refractivity contribution in [2.45, 2.75) is 142 Å². The van der Waals surface area contributed by atoms with Crippen LogP contribution in [0.3, 0.4) is 0 Å². The van der Waals surface area contributed by atoms with E-state index in [9.17, 15) is 19.5 Å². The maximum Gasteiger partial charge on any atom is 0.338 e. The molecule has 2 heterocycles. The molecular formula is C42H60O13. The standard InChI is InChI=1S/C42H60O13/c1-40(2,3)39(46)49-21-19-32(51-38(45)28-12-16-30(48-9)17-13-28)23-34-25-36(55-42(6,7)53-34)26-35-24-33(52-41(4,5)54-35)22-31(18-20-43)50-37(44)27-10-14-29(47-8)15-11-27/h10-17,31-36,43H,18-26H2,1-9H3/t31-,32+,33+,34-,35-,36+/m1/s1. The summed E-state index contributed by atoms with van der Waals surface area (Å²) in [6, 6.07) is 13.3. The highest BCUT2D eigenvalue weighted by molar-refractivity contribution is 5.90. The third-order valence-electron chi connectivity index (χ3n) is 9.37. The van der Waals surface area contributed by atoms with Gasteiger partial charge in [-0.05, 0) is 97.0 Å². The van der Waals surface area contributed by atoms with E-state index in [1.54, 1.807) is 83.5 Å². The molecule has 2 aromatic carbocycles. The summed E-state index contributed by atoms with van der Waals surface area (Å²) < 4.78 is 53.3. The Morgan fingerprint density at radius 3 is 1.47 bits per heavy atom. The molecule has 13 heteroatoms. The van der Waals surface area contributed by atoms with Crippen LogP contribution in [0.5, 0.6) is 11.5 Å². The lowest BCUT2D eigenvalue weighted by Crippen LogP contribution is -2.50. The average molecular weight is 773 g/mol. The van der Waals surface area contributed by atoms with Crippen LogP contribution in [0.4, 0.5) is 0 Å². The molecule has 4 rings (SSSR count). The van der Waals surface area contributed by atoms with Crippen LogP contribution in [0, 0.1) is 5.41 Å². The summed E-state index contributed by atoms with van der Waals surface area (Å²) in [6.45, 7) is 12.7. The summed E-state index contributed by atoms with van der Waals surface area (Å²) in [4.78, 5) is 38.7. The van der Waals surface area contributed by atoms with Crippen molar-refractivity contribution >= 4 is 17.9 Å². The van der Waals surface area contributed by atoms with Gasteiger partial charge in [0.2, 0.25) is 0 Å². The Labute approximate surface area is 325 Å². The SMILES string of the molecule is COc1ccc(C(=O)O[C@H](CCO)C[C@H]2C[C@H](C[C@@H]3C[C@@H](C[C@H](CCOC(=O)C(C)(C)C)OC(=O)c4ccc(OC)cc4)OC(C)(C)O3)OC(C)(C)O2)cc1. The van der Waals surface area contributed by atoms with Gasteiger partial charge in [0.15, 0.2) is 11.6 Å². The fourth-order valence-corrected chi connectivity index (χ4v) is 6.88. The van der Waals surface area contributed by atoms with Crippen molar-refractivity contribution in [2.24, 2.45) is 5.41 Å². The van der Waals surface area contributed by atoms with E-state index in [0.29, 0.717) is 54.7 Å². The van der Waals surface area contributed by atoms with Crippen LogP contribution in [0.25, 0.3) is 0 Å². The van der Waals surface area contributed by atoms with E-state index < -0.39 is 41.1 Å². The lowest BCUT2D eigenvalue weighted by Gasteiger charge is -2.45. The van der Waals surface area contributed by atoms with Gasteiger partial charge in [-0.25, -0.2) is 9.59 Å². The summed E-state index contributed by atoms with van der Waals surface area (Å²) in [5.74, 6) is -1.97. The van der Waals surface area contributed by atoms with E-state index >= 15 is 0 Å². The molecule has 13 nitrogen and oxygen atoms in total. The first-order valence-electron chi connectivity index (χ1n) is 19.1. The minimum atomic E-state index is -0.946. The predicted molar refractivity (Wildman–Crippen MR) is 202 cm³/mol. The minimum absolute atomic E-state index is 0.0752. The largest absolute Gasteiger partial charge is 0.497 e. The van der Waals surface area contributed by atoms with Gasteiger partial charge in [-0.1, -0.05) is 0 Å². The zero-order chi connectivity index (χ0) is 40.4. The Kier molecular flexibility index (Phi) is 15.5. The third kappa shape index (κ3) is 14.0. The molecule has 0 bridgehead atoms. The molecule has 2 aliphatic heterocycles. The van der Waals surface area contributed by atoms with Crippen LogP contribution in [-0.2, 0) is 38.0 Å². The van der Waals surface area contributed by atoms with E-state index in [-0.39, 0.29) is 56.4 Å². The number of carbonyl (C=O) groups excluding carboxylic acids is 3. The van der Waals surface area contributed by atoms with Gasteiger partial charge in [0.25, 0.3) is 0 Å². The van der Waals surface area contributed by atoms with Crippen molar-refractivity contribution in [3.63, 3.8) is 0 Å². The second-order valence-electron chi connectivity index (χ2n) is 16.1. The first-order chi connectivity index (χ1) is 25.9. The normalized spacial score (nSPS) is 23.2. The highest BCUT2D eigenvalue weighted by Crippen LogP contribution is 2.37. The highest BCUT2D eigenvalue weighted by Gasteiger charge is 2.42. The predicted octanol–water partition coefficient (Wildman–Crippen LogP) is 6.81. The van der Waals surface area contributed by atoms with Crippen molar-refractivity contribution in [3.05, 3.63) is 59.7 Å². The average Bonchev–Trinajstić information content (AvgIpc) is 3.09. The van der Waals surface area contributed by atoms with Crippen LogP contribution in [0.1, 0.15) is 114 Å². The monoisotopic (exact) mass is 772 g/mol. The smallest absolute Gasteiger partial charge is 0.338 e. The first-order valence-corrected chi connectivity index (χ1v) is 19.1. The van der Waals surface area contributed by atoms with E-state index in [1.807, 2.05) is 27.7 Å². The molecule has 1 N–H and O–H groups in total. The summed E-state index contributed by atoms with van der Waals surface area (Å²) in [5, 5.41) is 9.80. The maximum atomic E-state index is 13.3. The van der Waals surface area contributed by atoms with Gasteiger partial charge in [-0.2, -0.15) is 0 Å². The molecule has 55 heavy (non-hydrogen) atoms. The second kappa shape index (κ2) is 19.4. The molecule has 2 saturated heterocycles. The van der Waals surface area contributed by atoms with Crippen molar-refractivity contribution < 1.29 is 62.1 Å². The zero-order valence-electron chi connectivity index (χ0n) is 33.8. The molecule has 0 unspecified atom stereocenters. The molecule has 306 valence electrons. The third-order valence-corrected chi connectivity index (χ3v) is 9.37. The Morgan fingerprint density at radius 1 is 0.691 bits per heavy atom. The molecule has 0 aliphatic carbocycles. The molecule has 0 saturated carbocycles. The van der Waals surface area contributed by atoms with Crippen molar-refractivity contribution in [2.75, 3.05) is 27.4 Å². The van der Waals surface area contributed by atoms with E-state index in [1.165, 1.54) is 0 Å². The van der Waals surface area contributed by atoms with Gasteiger partial charge in [0, 0.05) is 51.6 Å². The van der Waals surface area contributed by atoms with E-state index in [4.69, 9.17) is 42.6 Å². The lowest BCUT2D eigenvalue weighted by molar-refractivity contribution is -0.327. The first kappa shape index (κ1) is 44.0. The fraction of sp³-hybridized carbons (Fsp3) is 0.643. The number of hydrogen-bond acceptors (Lipinski definition) is 13. The summed E-state index contributed by atoms with van der Waals surface area (Å²) in [5.41, 5.74) is 0.0823. The number of aliphatic hydroxyl groups is 1. The van der Waals surface area contributed by atoms with Crippen molar-refractivity contribution in [1.82, 2.24) is 0 Å². The molecule has 2 aliphatic rings. The number of benzene rings is 2. The molecule has 2 fully saturated rings. The Morgan fingerprint density at radius 2 is 1.09 bits per heavy atom. The second-order valence-corrected chi connectivity index (χ2v) is 16.1. The van der Waals surface area contributed by atoms with Crippen LogP contribution in [0.2, 0.25) is 0 Å². The molecule has 0 radical (unpaired) electrons. The van der Waals surface area contributed by atoms with Crippen molar-refractivity contribution in [3.8, 4) is 11.5 Å². The summed E-state index contributed by atoms with van der Waals surface area (Å²) >= 11 is 0. The summed E-state index contributed by atoms with van der Waals surface area (Å²) in [7, 11) is 3.11. The van der Waals surface area contributed by atoms with E-state index in [0.717, 1.165) is 0 Å². The molecular weight excluding hydrogens is 712 g/mol. The number of ether oxygens (including phenoxy) is 9. The topological polar surface area (TPSA) is 155 Å². The van der Waals surface area contributed by atoms with Gasteiger partial charge in [0.1, 0.15) is 23.7 Å². The lowest BCUT2D eigenvalue weighted by atomic mass is 9.93. The number of rotatable bonds is 17. The number of aliphatic hydroxyl groups excluding tert-OH is 1. The highest BCUT2D eigenvalue weighted by atomic mass is 16.7. The number of hydrogen-bond donors (Lipinski definition) is 1. The van der Waals surface area contributed by atoms with Crippen molar-refractivity contribution in [1.29, 1.82) is 0 Å². The number of carbonyl (C=O) groups is 3. The molecule has 6 atom stereocenters. The van der Waals surface area contributed by atoms with Gasteiger partial charge < -0.3 is 47.7 Å². The molecule has 0 aromatic heterocycles. The Balaban J connectivity index is 1.42. The Hall–Kier alpha value is -3.75. The van der Waals surface area contributed by atoms with Crippen LogP contribution < -0.4 is 9.47 Å². The van der Waals surface area contributed by atoms with Crippen LogP contribution in [-0.4, -0.2) is 98.6 Å². The van der Waals surface area contributed by atoms with Gasteiger partial charge >= 0.3 is 17.9 Å². The fourth-order valence-electron chi connectivity index (χ4n) is 6.88. The maximum absolute atomic E-state index is 13.3. The summed E-state index contributed by atoms with van der Waals surface area (Å²) in [6.07, 6.45) is 0.396. The molecule has 0 spiro atoms. The quantitative estimate of drug-likeness (QED) is 0.132. The van der Waals surface area contributed by atoms with Crippen LogP contribution in [0.15, 0.2) is 48.5 Å². The van der Waals surface area contributed by atoms with Crippen LogP contribution >= 0.6 is 0 Å². The molecule has 0 amide bonds. The van der Waals surface area contributed by atoms with Gasteiger partial charge in [0.05, 0.1) is 61.8 Å². The molecule has 2 aromatic rings. The number of esters is 3. The van der Waals surface area contributed by atoms with Gasteiger partial charge in [-0.3, -0.25) is 4.79 Å². The Bertz CT molecular complexity index is 1530.